The number of rotatable bonds is 5. The molecule has 0 spiro atoms. The summed E-state index contributed by atoms with van der Waals surface area (Å²) >= 11 is 5.97. The second-order valence-electron chi connectivity index (χ2n) is 6.14. The molecular formula is C19H18ClN3O3. The molecular weight excluding hydrogens is 354 g/mol. The van der Waals surface area contributed by atoms with E-state index < -0.39 is 0 Å². The van der Waals surface area contributed by atoms with Crippen LogP contribution in [0.15, 0.2) is 48.8 Å². The van der Waals surface area contributed by atoms with Crippen LogP contribution in [0.3, 0.4) is 0 Å². The van der Waals surface area contributed by atoms with Gasteiger partial charge >= 0.3 is 0 Å². The average molecular weight is 372 g/mol. The van der Waals surface area contributed by atoms with Gasteiger partial charge in [0.2, 0.25) is 0 Å². The van der Waals surface area contributed by atoms with Crippen molar-refractivity contribution < 1.29 is 14.3 Å². The lowest BCUT2D eigenvalue weighted by molar-refractivity contribution is 0.0682. The quantitative estimate of drug-likeness (QED) is 0.741. The van der Waals surface area contributed by atoms with E-state index in [-0.39, 0.29) is 12.0 Å². The third kappa shape index (κ3) is 3.66. The van der Waals surface area contributed by atoms with E-state index >= 15 is 0 Å². The first-order valence-corrected chi connectivity index (χ1v) is 8.86. The van der Waals surface area contributed by atoms with Crippen LogP contribution >= 0.6 is 11.6 Å². The number of imidazole rings is 1. The molecule has 1 saturated heterocycles. The van der Waals surface area contributed by atoms with Crippen molar-refractivity contribution in [1.82, 2.24) is 9.38 Å². The number of carbonyl (C=O) groups is 1. The molecule has 1 atom stereocenters. The number of benzene rings is 1. The largest absolute Gasteiger partial charge is 0.489 e. The van der Waals surface area contributed by atoms with Crippen LogP contribution in [0.1, 0.15) is 23.3 Å². The van der Waals surface area contributed by atoms with E-state index in [0.717, 1.165) is 19.4 Å². The highest BCUT2D eigenvalue weighted by Gasteiger charge is 2.18. The lowest BCUT2D eigenvalue weighted by Gasteiger charge is -2.14. The second kappa shape index (κ2) is 7.35. The van der Waals surface area contributed by atoms with Gasteiger partial charge in [-0.25, -0.2) is 4.98 Å². The minimum atomic E-state index is -0.307. The number of para-hydroxylation sites is 2. The molecule has 1 aliphatic rings. The highest BCUT2D eigenvalue weighted by molar-refractivity contribution is 6.30. The molecule has 3 aromatic rings. The number of ether oxygens (including phenoxy) is 2. The minimum Gasteiger partial charge on any atom is -0.489 e. The number of halogens is 1. The summed E-state index contributed by atoms with van der Waals surface area (Å²) < 4.78 is 13.1. The molecule has 2 aromatic heterocycles. The number of nitrogens with one attached hydrogen (secondary N) is 1. The first-order valence-electron chi connectivity index (χ1n) is 8.48. The molecule has 0 radical (unpaired) electrons. The van der Waals surface area contributed by atoms with Crippen molar-refractivity contribution in [3.05, 3.63) is 59.5 Å². The van der Waals surface area contributed by atoms with Gasteiger partial charge in [0.1, 0.15) is 23.7 Å². The lowest BCUT2D eigenvalue weighted by atomic mass is 10.2. The standard InChI is InChI=1S/C19H18ClN3O3/c20-13-7-8-18-21-16(11-23(18)10-13)19(24)22-15-5-1-2-6-17(15)26-12-14-4-3-9-25-14/h1-2,5-8,10-11,14H,3-4,9,12H2,(H,22,24). The van der Waals surface area contributed by atoms with Gasteiger partial charge in [-0.1, -0.05) is 23.7 Å². The summed E-state index contributed by atoms with van der Waals surface area (Å²) in [6, 6.07) is 10.8. The maximum absolute atomic E-state index is 12.6. The molecule has 0 aliphatic carbocycles. The number of fused-ring (bicyclic) bond motifs is 1. The molecule has 0 bridgehead atoms. The Hall–Kier alpha value is -2.57. The van der Waals surface area contributed by atoms with Crippen LogP contribution in [0.2, 0.25) is 5.02 Å². The molecule has 1 aliphatic heterocycles. The van der Waals surface area contributed by atoms with Crippen molar-refractivity contribution in [2.45, 2.75) is 18.9 Å². The molecule has 1 fully saturated rings. The average Bonchev–Trinajstić information content (AvgIpc) is 3.30. The zero-order valence-electron chi connectivity index (χ0n) is 14.0. The van der Waals surface area contributed by atoms with Crippen LogP contribution in [0, 0.1) is 0 Å². The Kier molecular flexibility index (Phi) is 4.77. The number of nitrogens with zero attached hydrogens (tertiary/aromatic N) is 2. The summed E-state index contributed by atoms with van der Waals surface area (Å²) in [5.41, 5.74) is 1.56. The fraction of sp³-hybridized carbons (Fsp3) is 0.263. The summed E-state index contributed by atoms with van der Waals surface area (Å²) in [6.07, 6.45) is 5.52. The minimum absolute atomic E-state index is 0.113. The summed E-state index contributed by atoms with van der Waals surface area (Å²) in [6.45, 7) is 1.25. The van der Waals surface area contributed by atoms with Gasteiger partial charge in [0.25, 0.3) is 5.91 Å². The molecule has 7 heteroatoms. The predicted octanol–water partition coefficient (Wildman–Crippen LogP) is 3.80. The molecule has 3 heterocycles. The van der Waals surface area contributed by atoms with Crippen molar-refractivity contribution >= 4 is 28.8 Å². The van der Waals surface area contributed by atoms with Gasteiger partial charge in [-0.15, -0.1) is 0 Å². The Morgan fingerprint density at radius 2 is 2.19 bits per heavy atom. The van der Waals surface area contributed by atoms with E-state index in [1.54, 1.807) is 35.0 Å². The normalized spacial score (nSPS) is 16.7. The topological polar surface area (TPSA) is 64.9 Å². The van der Waals surface area contributed by atoms with Gasteiger partial charge in [-0.05, 0) is 37.1 Å². The molecule has 1 N–H and O–H groups in total. The number of hydrogen-bond donors (Lipinski definition) is 1. The molecule has 26 heavy (non-hydrogen) atoms. The monoisotopic (exact) mass is 371 g/mol. The van der Waals surface area contributed by atoms with E-state index in [4.69, 9.17) is 21.1 Å². The van der Waals surface area contributed by atoms with Crippen LogP contribution in [0.4, 0.5) is 5.69 Å². The van der Waals surface area contributed by atoms with Gasteiger partial charge in [0.15, 0.2) is 0 Å². The smallest absolute Gasteiger partial charge is 0.275 e. The van der Waals surface area contributed by atoms with Crippen molar-refractivity contribution in [3.8, 4) is 5.75 Å². The molecule has 1 unspecified atom stereocenters. The van der Waals surface area contributed by atoms with Gasteiger partial charge in [0.05, 0.1) is 16.8 Å². The van der Waals surface area contributed by atoms with E-state index in [1.807, 2.05) is 18.2 Å². The van der Waals surface area contributed by atoms with Gasteiger partial charge < -0.3 is 19.2 Å². The van der Waals surface area contributed by atoms with Crippen LogP contribution in [-0.4, -0.2) is 34.6 Å². The third-order valence-corrected chi connectivity index (χ3v) is 4.46. The fourth-order valence-electron chi connectivity index (χ4n) is 2.91. The Labute approximate surface area is 155 Å². The van der Waals surface area contributed by atoms with E-state index in [9.17, 15) is 4.79 Å². The Balaban J connectivity index is 1.49. The zero-order chi connectivity index (χ0) is 17.9. The Morgan fingerprint density at radius 3 is 3.04 bits per heavy atom. The van der Waals surface area contributed by atoms with Crippen LogP contribution < -0.4 is 10.1 Å². The van der Waals surface area contributed by atoms with Gasteiger partial charge in [-0.2, -0.15) is 0 Å². The summed E-state index contributed by atoms with van der Waals surface area (Å²) in [5, 5.41) is 3.44. The van der Waals surface area contributed by atoms with E-state index in [1.165, 1.54) is 0 Å². The molecule has 0 saturated carbocycles. The second-order valence-corrected chi connectivity index (χ2v) is 6.57. The Bertz CT molecular complexity index is 935. The molecule has 1 amide bonds. The van der Waals surface area contributed by atoms with E-state index in [2.05, 4.69) is 10.3 Å². The number of aromatic nitrogens is 2. The fourth-order valence-corrected chi connectivity index (χ4v) is 3.08. The number of amides is 1. The maximum atomic E-state index is 12.6. The lowest BCUT2D eigenvalue weighted by Crippen LogP contribution is -2.18. The first-order chi connectivity index (χ1) is 12.7. The van der Waals surface area contributed by atoms with Crippen LogP contribution in [0.25, 0.3) is 5.65 Å². The SMILES string of the molecule is O=C(Nc1ccccc1OCC1CCCO1)c1cn2cc(Cl)ccc2n1. The van der Waals surface area contributed by atoms with Crippen molar-refractivity contribution in [2.75, 3.05) is 18.5 Å². The number of anilines is 1. The van der Waals surface area contributed by atoms with Gasteiger partial charge in [-0.3, -0.25) is 4.79 Å². The van der Waals surface area contributed by atoms with E-state index in [0.29, 0.717) is 34.4 Å². The summed E-state index contributed by atoms with van der Waals surface area (Å²) in [7, 11) is 0. The van der Waals surface area contributed by atoms with Gasteiger partial charge in [0, 0.05) is 19.0 Å². The number of hydrogen-bond acceptors (Lipinski definition) is 4. The molecule has 1 aromatic carbocycles. The highest BCUT2D eigenvalue weighted by Crippen LogP contribution is 2.25. The van der Waals surface area contributed by atoms with Crippen molar-refractivity contribution in [2.24, 2.45) is 0 Å². The summed E-state index contributed by atoms with van der Waals surface area (Å²) in [5.74, 6) is 0.307. The number of carbonyl (C=O) groups excluding carboxylic acids is 1. The molecule has 134 valence electrons. The van der Waals surface area contributed by atoms with Crippen molar-refractivity contribution in [1.29, 1.82) is 0 Å². The molecule has 6 nitrogen and oxygen atoms in total. The zero-order valence-corrected chi connectivity index (χ0v) is 14.8. The predicted molar refractivity (Wildman–Crippen MR) is 99.1 cm³/mol. The Morgan fingerprint density at radius 1 is 1.31 bits per heavy atom. The first kappa shape index (κ1) is 16.9. The van der Waals surface area contributed by atoms with Crippen LogP contribution in [-0.2, 0) is 4.74 Å². The maximum Gasteiger partial charge on any atom is 0.275 e. The van der Waals surface area contributed by atoms with Crippen LogP contribution in [0.5, 0.6) is 5.75 Å². The third-order valence-electron chi connectivity index (χ3n) is 4.23. The number of pyridine rings is 1. The summed E-state index contributed by atoms with van der Waals surface area (Å²) in [4.78, 5) is 16.9. The molecule has 4 rings (SSSR count). The highest BCUT2D eigenvalue weighted by atomic mass is 35.5. The van der Waals surface area contributed by atoms with Crippen molar-refractivity contribution in [3.63, 3.8) is 0 Å².